The lowest BCUT2D eigenvalue weighted by molar-refractivity contribution is 0.0686. The van der Waals surface area contributed by atoms with Gasteiger partial charge in [-0.25, -0.2) is 19.4 Å². The maximum atomic E-state index is 13.1. The SMILES string of the molecule is CC(C)(C)c1ccc(Oc2ccc(N3C(=O)c4ccc(C(=O)O)cc4C3=O)cc2)c(Oc2ccc(N3C(=O)c4ccc(C(=O)O)cc4C3=O)cc2)c1. The van der Waals surface area contributed by atoms with Crippen LogP contribution in [0.4, 0.5) is 11.4 Å². The van der Waals surface area contributed by atoms with Crippen LogP contribution in [-0.2, 0) is 5.41 Å². The van der Waals surface area contributed by atoms with Crippen LogP contribution < -0.4 is 19.3 Å². The molecule has 0 radical (unpaired) electrons. The maximum absolute atomic E-state index is 13.1. The molecule has 258 valence electrons. The molecule has 2 heterocycles. The van der Waals surface area contributed by atoms with Gasteiger partial charge in [0.25, 0.3) is 23.6 Å². The number of imide groups is 2. The lowest BCUT2D eigenvalue weighted by Gasteiger charge is -2.22. The van der Waals surface area contributed by atoms with E-state index >= 15 is 0 Å². The number of carbonyl (C=O) groups is 6. The van der Waals surface area contributed by atoms with Crippen molar-refractivity contribution in [2.45, 2.75) is 26.2 Å². The highest BCUT2D eigenvalue weighted by atomic mass is 16.5. The van der Waals surface area contributed by atoms with Crippen molar-refractivity contribution in [3.63, 3.8) is 0 Å². The van der Waals surface area contributed by atoms with Gasteiger partial charge in [-0.05, 0) is 108 Å². The van der Waals surface area contributed by atoms with Crippen LogP contribution >= 0.6 is 0 Å². The molecule has 0 aliphatic carbocycles. The van der Waals surface area contributed by atoms with Gasteiger partial charge >= 0.3 is 11.9 Å². The van der Waals surface area contributed by atoms with Gasteiger partial charge in [-0.2, -0.15) is 0 Å². The fourth-order valence-corrected chi connectivity index (χ4v) is 5.94. The van der Waals surface area contributed by atoms with E-state index in [2.05, 4.69) is 0 Å². The van der Waals surface area contributed by atoms with Crippen molar-refractivity contribution < 1.29 is 48.5 Å². The quantitative estimate of drug-likeness (QED) is 0.154. The van der Waals surface area contributed by atoms with Crippen molar-refractivity contribution in [2.24, 2.45) is 0 Å². The van der Waals surface area contributed by atoms with Crippen molar-refractivity contribution in [3.8, 4) is 23.0 Å². The highest BCUT2D eigenvalue weighted by Crippen LogP contribution is 2.40. The van der Waals surface area contributed by atoms with Crippen molar-refractivity contribution in [1.29, 1.82) is 0 Å². The fourth-order valence-electron chi connectivity index (χ4n) is 5.94. The third-order valence-electron chi connectivity index (χ3n) is 8.72. The molecule has 2 N–H and O–H groups in total. The highest BCUT2D eigenvalue weighted by Gasteiger charge is 2.38. The summed E-state index contributed by atoms with van der Waals surface area (Å²) in [5.41, 5.74) is 1.30. The van der Waals surface area contributed by atoms with Gasteiger partial charge in [0.05, 0.1) is 44.8 Å². The Morgan fingerprint density at radius 1 is 0.500 bits per heavy atom. The number of aromatic carboxylic acids is 2. The van der Waals surface area contributed by atoms with Crippen LogP contribution in [0, 0.1) is 0 Å². The molecule has 0 atom stereocenters. The van der Waals surface area contributed by atoms with Crippen LogP contribution in [0.25, 0.3) is 0 Å². The minimum atomic E-state index is -1.21. The number of hydrogen-bond donors (Lipinski definition) is 2. The number of amides is 4. The molecule has 2 aliphatic heterocycles. The Morgan fingerprint density at radius 3 is 1.31 bits per heavy atom. The first-order valence-electron chi connectivity index (χ1n) is 15.9. The molecule has 5 aromatic rings. The second-order valence-corrected chi connectivity index (χ2v) is 13.1. The van der Waals surface area contributed by atoms with Crippen LogP contribution in [0.2, 0.25) is 0 Å². The van der Waals surface area contributed by atoms with E-state index in [4.69, 9.17) is 9.47 Å². The Bertz CT molecular complexity index is 2370. The van der Waals surface area contributed by atoms with Crippen molar-refractivity contribution in [2.75, 3.05) is 9.80 Å². The Kier molecular flexibility index (Phi) is 7.94. The number of nitrogens with zero attached hydrogens (tertiary/aromatic N) is 2. The van der Waals surface area contributed by atoms with Gasteiger partial charge in [-0.3, -0.25) is 19.2 Å². The molecule has 0 saturated carbocycles. The van der Waals surface area contributed by atoms with Gasteiger partial charge in [0.2, 0.25) is 0 Å². The predicted octanol–water partition coefficient (Wildman–Crippen LogP) is 7.57. The minimum Gasteiger partial charge on any atom is -0.478 e. The number of carboxylic acids is 2. The monoisotopic (exact) mass is 696 g/mol. The molecule has 52 heavy (non-hydrogen) atoms. The summed E-state index contributed by atoms with van der Waals surface area (Å²) >= 11 is 0. The molecule has 0 unspecified atom stereocenters. The Balaban J connectivity index is 1.12. The minimum absolute atomic E-state index is 0.0111. The first kappa shape index (κ1) is 33.4. The number of carbonyl (C=O) groups excluding carboxylic acids is 4. The summed E-state index contributed by atoms with van der Waals surface area (Å²) in [7, 11) is 0. The van der Waals surface area contributed by atoms with E-state index in [9.17, 15) is 39.0 Å². The molecule has 7 rings (SSSR count). The summed E-state index contributed by atoms with van der Waals surface area (Å²) in [5.74, 6) is -3.37. The van der Waals surface area contributed by atoms with Gasteiger partial charge in [0.1, 0.15) is 11.5 Å². The van der Waals surface area contributed by atoms with Crippen LogP contribution in [-0.4, -0.2) is 45.8 Å². The van der Waals surface area contributed by atoms with Gasteiger partial charge in [0.15, 0.2) is 11.5 Å². The second kappa shape index (κ2) is 12.4. The molecule has 12 heteroatoms. The lowest BCUT2D eigenvalue weighted by atomic mass is 9.87. The van der Waals surface area contributed by atoms with Crippen molar-refractivity contribution >= 4 is 46.9 Å². The average molecular weight is 697 g/mol. The van der Waals surface area contributed by atoms with Crippen LogP contribution in [0.1, 0.15) is 88.5 Å². The molecular weight excluding hydrogens is 668 g/mol. The topological polar surface area (TPSA) is 168 Å². The van der Waals surface area contributed by atoms with Gasteiger partial charge in [-0.1, -0.05) is 26.8 Å². The first-order valence-corrected chi connectivity index (χ1v) is 15.9. The van der Waals surface area contributed by atoms with Crippen LogP contribution in [0.5, 0.6) is 23.0 Å². The van der Waals surface area contributed by atoms with E-state index in [1.807, 2.05) is 32.9 Å². The van der Waals surface area contributed by atoms with Gasteiger partial charge < -0.3 is 19.7 Å². The number of rotatable bonds is 8. The summed E-state index contributed by atoms with van der Waals surface area (Å²) in [6, 6.07) is 25.6. The fraction of sp³-hybridized carbons (Fsp3) is 0.100. The number of fused-ring (bicyclic) bond motifs is 2. The molecule has 0 spiro atoms. The third kappa shape index (κ3) is 5.81. The highest BCUT2D eigenvalue weighted by molar-refractivity contribution is 6.35. The number of anilines is 2. The van der Waals surface area contributed by atoms with Crippen molar-refractivity contribution in [3.05, 3.63) is 142 Å². The van der Waals surface area contributed by atoms with E-state index in [1.165, 1.54) is 36.4 Å². The Labute approximate surface area is 296 Å². The number of carboxylic acid groups (broad SMARTS) is 2. The summed E-state index contributed by atoms with van der Waals surface area (Å²) in [5, 5.41) is 18.6. The first-order chi connectivity index (χ1) is 24.7. The smallest absolute Gasteiger partial charge is 0.335 e. The van der Waals surface area contributed by atoms with Gasteiger partial charge in [0, 0.05) is 0 Å². The summed E-state index contributed by atoms with van der Waals surface area (Å²) in [4.78, 5) is 77.1. The van der Waals surface area contributed by atoms with E-state index in [0.29, 0.717) is 23.0 Å². The zero-order valence-electron chi connectivity index (χ0n) is 27.9. The van der Waals surface area contributed by atoms with E-state index in [1.54, 1.807) is 54.6 Å². The van der Waals surface area contributed by atoms with Crippen molar-refractivity contribution in [1.82, 2.24) is 0 Å². The summed E-state index contributed by atoms with van der Waals surface area (Å²) in [6.45, 7) is 6.13. The summed E-state index contributed by atoms with van der Waals surface area (Å²) < 4.78 is 12.5. The second-order valence-electron chi connectivity index (χ2n) is 13.1. The Hall–Kier alpha value is -7.08. The van der Waals surface area contributed by atoms with E-state index in [0.717, 1.165) is 15.4 Å². The molecule has 0 fully saturated rings. The van der Waals surface area contributed by atoms with Crippen LogP contribution in [0.15, 0.2) is 103 Å². The lowest BCUT2D eigenvalue weighted by Crippen LogP contribution is -2.29. The molecule has 0 saturated heterocycles. The molecule has 5 aromatic carbocycles. The molecule has 12 nitrogen and oxygen atoms in total. The zero-order chi connectivity index (χ0) is 37.1. The zero-order valence-corrected chi connectivity index (χ0v) is 27.9. The average Bonchev–Trinajstić information content (AvgIpc) is 3.52. The standard InChI is InChI=1S/C40H28N2O10/c1-40(2,3)23-6-17-32(51-26-11-7-24(8-12-26)41-34(43)28-15-4-21(38(47)48)18-30(28)36(41)45)33(20-23)52-27-13-9-25(10-14-27)42-35(44)29-16-5-22(39(49)50)19-31(29)37(42)46/h4-20H,1-3H3,(H,47,48)(H,49,50). The van der Waals surface area contributed by atoms with E-state index < -0.39 is 35.6 Å². The molecule has 0 aromatic heterocycles. The Morgan fingerprint density at radius 2 is 0.904 bits per heavy atom. The number of benzene rings is 5. The van der Waals surface area contributed by atoms with Crippen LogP contribution in [0.3, 0.4) is 0 Å². The number of ether oxygens (including phenoxy) is 2. The van der Waals surface area contributed by atoms with Gasteiger partial charge in [-0.15, -0.1) is 0 Å². The maximum Gasteiger partial charge on any atom is 0.335 e. The van der Waals surface area contributed by atoms with E-state index in [-0.39, 0.29) is 50.2 Å². The largest absolute Gasteiger partial charge is 0.478 e. The third-order valence-corrected chi connectivity index (χ3v) is 8.72. The number of hydrogen-bond acceptors (Lipinski definition) is 8. The molecular formula is C40H28N2O10. The molecule has 4 amide bonds. The molecule has 2 aliphatic rings. The normalized spacial score (nSPS) is 13.7. The predicted molar refractivity (Wildman–Crippen MR) is 187 cm³/mol. The molecule has 0 bridgehead atoms. The summed E-state index contributed by atoms with van der Waals surface area (Å²) in [6.07, 6.45) is 0.